The first-order valence-corrected chi connectivity index (χ1v) is 8.48. The van der Waals surface area contributed by atoms with Gasteiger partial charge in [-0.1, -0.05) is 34.1 Å². The molecule has 4 nitrogen and oxygen atoms in total. The van der Waals surface area contributed by atoms with Crippen molar-refractivity contribution in [3.63, 3.8) is 0 Å². The highest BCUT2D eigenvalue weighted by Gasteiger charge is 2.12. The normalized spacial score (nSPS) is 11.8. The van der Waals surface area contributed by atoms with Gasteiger partial charge >= 0.3 is 0 Å². The monoisotopic (exact) mass is 335 g/mol. The van der Waals surface area contributed by atoms with Crippen molar-refractivity contribution in [1.82, 2.24) is 0 Å². The molecule has 0 aliphatic rings. The molecule has 0 aliphatic carbocycles. The molecule has 0 aliphatic heterocycles. The van der Waals surface area contributed by atoms with Crippen LogP contribution in [-0.2, 0) is 20.1 Å². The molecule has 18 heavy (non-hydrogen) atoms. The SMILES string of the molecule is CC(C)OCCS(=O)(=O)Nc1ccccc1CBr. The number of hydrogen-bond acceptors (Lipinski definition) is 3. The Morgan fingerprint density at radius 1 is 1.33 bits per heavy atom. The Bertz CT molecular complexity index is 474. The maximum absolute atomic E-state index is 11.8. The van der Waals surface area contributed by atoms with Crippen LogP contribution in [0, 0.1) is 0 Å². The summed E-state index contributed by atoms with van der Waals surface area (Å²) in [5, 5.41) is 0.605. The topological polar surface area (TPSA) is 55.4 Å². The molecular formula is C12H18BrNO3S. The zero-order valence-electron chi connectivity index (χ0n) is 10.5. The number of benzene rings is 1. The summed E-state index contributed by atoms with van der Waals surface area (Å²) in [7, 11) is -3.36. The summed E-state index contributed by atoms with van der Waals surface area (Å²) in [5.74, 6) is -0.0399. The van der Waals surface area contributed by atoms with E-state index in [2.05, 4.69) is 20.7 Å². The zero-order valence-corrected chi connectivity index (χ0v) is 12.9. The summed E-state index contributed by atoms with van der Waals surface area (Å²) in [6, 6.07) is 7.29. The number of ether oxygens (including phenoxy) is 1. The van der Waals surface area contributed by atoms with E-state index in [1.165, 1.54) is 0 Å². The molecular weight excluding hydrogens is 318 g/mol. The van der Waals surface area contributed by atoms with Gasteiger partial charge in [-0.15, -0.1) is 0 Å². The molecule has 0 atom stereocenters. The minimum absolute atomic E-state index is 0.0371. The third-order valence-corrected chi connectivity index (χ3v) is 4.07. The summed E-state index contributed by atoms with van der Waals surface area (Å²) in [6.07, 6.45) is 0.0371. The quantitative estimate of drug-likeness (QED) is 0.779. The van der Waals surface area contributed by atoms with Gasteiger partial charge < -0.3 is 4.74 Å². The van der Waals surface area contributed by atoms with Crippen LogP contribution in [0.1, 0.15) is 19.4 Å². The highest BCUT2D eigenvalue weighted by atomic mass is 79.9. The van der Waals surface area contributed by atoms with Crippen LogP contribution in [0.2, 0.25) is 0 Å². The van der Waals surface area contributed by atoms with Crippen molar-refractivity contribution in [1.29, 1.82) is 0 Å². The summed E-state index contributed by atoms with van der Waals surface area (Å²) < 4.78 is 31.5. The number of para-hydroxylation sites is 1. The number of hydrogen-bond donors (Lipinski definition) is 1. The van der Waals surface area contributed by atoms with Crippen LogP contribution in [0.3, 0.4) is 0 Å². The summed E-state index contributed by atoms with van der Waals surface area (Å²) >= 11 is 3.33. The summed E-state index contributed by atoms with van der Waals surface area (Å²) in [4.78, 5) is 0. The predicted octanol–water partition coefficient (Wildman–Crippen LogP) is 2.75. The van der Waals surface area contributed by atoms with Gasteiger partial charge in [-0.3, -0.25) is 4.72 Å². The fourth-order valence-electron chi connectivity index (χ4n) is 1.35. The van der Waals surface area contributed by atoms with E-state index in [0.29, 0.717) is 11.0 Å². The van der Waals surface area contributed by atoms with Gasteiger partial charge in [0.15, 0.2) is 0 Å². The van der Waals surface area contributed by atoms with Crippen LogP contribution in [0.25, 0.3) is 0 Å². The van der Waals surface area contributed by atoms with Crippen LogP contribution < -0.4 is 4.72 Å². The van der Waals surface area contributed by atoms with Gasteiger partial charge in [0.1, 0.15) is 0 Å². The maximum atomic E-state index is 11.8. The van der Waals surface area contributed by atoms with Crippen LogP contribution in [0.4, 0.5) is 5.69 Å². The Morgan fingerprint density at radius 2 is 2.00 bits per heavy atom. The average molecular weight is 336 g/mol. The number of nitrogens with one attached hydrogen (secondary N) is 1. The van der Waals surface area contributed by atoms with E-state index in [4.69, 9.17) is 4.74 Å². The second-order valence-corrected chi connectivity index (χ2v) is 6.53. The van der Waals surface area contributed by atoms with E-state index >= 15 is 0 Å². The summed E-state index contributed by atoms with van der Waals surface area (Å²) in [6.45, 7) is 3.95. The number of rotatable bonds is 7. The third-order valence-electron chi connectivity index (χ3n) is 2.23. The molecule has 0 saturated heterocycles. The van der Waals surface area contributed by atoms with Crippen LogP contribution in [0.5, 0.6) is 0 Å². The first-order valence-electron chi connectivity index (χ1n) is 5.70. The third kappa shape index (κ3) is 5.37. The molecule has 0 spiro atoms. The van der Waals surface area contributed by atoms with Crippen molar-refractivity contribution in [3.05, 3.63) is 29.8 Å². The number of anilines is 1. The predicted molar refractivity (Wildman–Crippen MR) is 77.6 cm³/mol. The maximum Gasteiger partial charge on any atom is 0.235 e. The van der Waals surface area contributed by atoms with Gasteiger partial charge in [-0.05, 0) is 25.5 Å². The minimum atomic E-state index is -3.36. The lowest BCUT2D eigenvalue weighted by atomic mass is 10.2. The molecule has 1 rings (SSSR count). The molecule has 0 heterocycles. The molecule has 0 saturated carbocycles. The minimum Gasteiger partial charge on any atom is -0.378 e. The molecule has 6 heteroatoms. The number of alkyl halides is 1. The van der Waals surface area contributed by atoms with E-state index in [1.54, 1.807) is 12.1 Å². The molecule has 0 bridgehead atoms. The molecule has 0 unspecified atom stereocenters. The second kappa shape index (κ2) is 7.11. The summed E-state index contributed by atoms with van der Waals surface area (Å²) in [5.41, 5.74) is 1.52. The van der Waals surface area contributed by atoms with Gasteiger partial charge in [-0.2, -0.15) is 0 Å². The molecule has 0 radical (unpaired) electrons. The fourth-order valence-corrected chi connectivity index (χ4v) is 2.79. The standard InChI is InChI=1S/C12H18BrNO3S/c1-10(2)17-7-8-18(15,16)14-12-6-4-3-5-11(12)9-13/h3-6,10,14H,7-9H2,1-2H3. The lowest BCUT2D eigenvalue weighted by molar-refractivity contribution is 0.0913. The van der Waals surface area contributed by atoms with Crippen molar-refractivity contribution in [2.45, 2.75) is 25.3 Å². The lowest BCUT2D eigenvalue weighted by Gasteiger charge is -2.12. The van der Waals surface area contributed by atoms with Crippen molar-refractivity contribution >= 4 is 31.6 Å². The van der Waals surface area contributed by atoms with Crippen molar-refractivity contribution in [2.24, 2.45) is 0 Å². The van der Waals surface area contributed by atoms with E-state index < -0.39 is 10.0 Å². The molecule has 1 aromatic rings. The zero-order chi connectivity index (χ0) is 13.6. The van der Waals surface area contributed by atoms with Gasteiger partial charge in [0.05, 0.1) is 24.2 Å². The first-order chi connectivity index (χ1) is 8.44. The van der Waals surface area contributed by atoms with Crippen molar-refractivity contribution in [2.75, 3.05) is 17.1 Å². The largest absolute Gasteiger partial charge is 0.378 e. The highest BCUT2D eigenvalue weighted by Crippen LogP contribution is 2.19. The second-order valence-electron chi connectivity index (χ2n) is 4.13. The molecule has 0 fully saturated rings. The Balaban J connectivity index is 2.65. The Hall–Kier alpha value is -0.590. The van der Waals surface area contributed by atoms with Crippen molar-refractivity contribution in [3.8, 4) is 0 Å². The van der Waals surface area contributed by atoms with Crippen LogP contribution >= 0.6 is 15.9 Å². The van der Waals surface area contributed by atoms with Crippen molar-refractivity contribution < 1.29 is 13.2 Å². The molecule has 0 aromatic heterocycles. The first kappa shape index (κ1) is 15.5. The van der Waals surface area contributed by atoms with Gasteiger partial charge in [0, 0.05) is 5.33 Å². The number of halogens is 1. The van der Waals surface area contributed by atoms with Gasteiger partial charge in [0.25, 0.3) is 0 Å². The van der Waals surface area contributed by atoms with Gasteiger partial charge in [-0.25, -0.2) is 8.42 Å². The van der Waals surface area contributed by atoms with Crippen LogP contribution in [-0.4, -0.2) is 26.9 Å². The smallest absolute Gasteiger partial charge is 0.235 e. The lowest BCUT2D eigenvalue weighted by Crippen LogP contribution is -2.22. The molecule has 1 aromatic carbocycles. The number of sulfonamides is 1. The molecule has 102 valence electrons. The van der Waals surface area contributed by atoms with E-state index in [9.17, 15) is 8.42 Å². The Kier molecular flexibility index (Phi) is 6.11. The van der Waals surface area contributed by atoms with E-state index in [-0.39, 0.29) is 18.5 Å². The van der Waals surface area contributed by atoms with E-state index in [1.807, 2.05) is 26.0 Å². The molecule has 1 N–H and O–H groups in total. The van der Waals surface area contributed by atoms with Crippen LogP contribution in [0.15, 0.2) is 24.3 Å². The van der Waals surface area contributed by atoms with Gasteiger partial charge in [0.2, 0.25) is 10.0 Å². The Labute approximate surface area is 117 Å². The average Bonchev–Trinajstić information content (AvgIpc) is 2.28. The Morgan fingerprint density at radius 3 is 2.61 bits per heavy atom. The highest BCUT2D eigenvalue weighted by molar-refractivity contribution is 9.08. The van der Waals surface area contributed by atoms with E-state index in [0.717, 1.165) is 5.56 Å². The molecule has 0 amide bonds. The fraction of sp³-hybridized carbons (Fsp3) is 0.500.